The summed E-state index contributed by atoms with van der Waals surface area (Å²) in [6.07, 6.45) is 1.05. The monoisotopic (exact) mass is 418 g/mol. The maximum absolute atomic E-state index is 12.3. The van der Waals surface area contributed by atoms with Crippen LogP contribution in [0.1, 0.15) is 17.5 Å². The molecule has 2 N–H and O–H groups in total. The first kappa shape index (κ1) is 21.9. The first-order valence-electron chi connectivity index (χ1n) is 10.0. The summed E-state index contributed by atoms with van der Waals surface area (Å²) in [5, 5.41) is 5.65. The van der Waals surface area contributed by atoms with Gasteiger partial charge in [-0.3, -0.25) is 9.59 Å². The van der Waals surface area contributed by atoms with Crippen LogP contribution in [0.5, 0.6) is 11.5 Å². The third kappa shape index (κ3) is 6.89. The fraction of sp³-hybridized carbons (Fsp3) is 0.200. The third-order valence-corrected chi connectivity index (χ3v) is 4.58. The molecule has 160 valence electrons. The fourth-order valence-corrected chi connectivity index (χ4v) is 3.10. The zero-order chi connectivity index (χ0) is 22.1. The Kier molecular flexibility index (Phi) is 7.65. The predicted molar refractivity (Wildman–Crippen MR) is 122 cm³/mol. The summed E-state index contributed by atoms with van der Waals surface area (Å²) < 4.78 is 10.7. The molecule has 0 fully saturated rings. The number of hydrogen-bond donors (Lipinski definition) is 2. The van der Waals surface area contributed by atoms with E-state index in [2.05, 4.69) is 16.7 Å². The molecule has 6 heteroatoms. The van der Waals surface area contributed by atoms with E-state index >= 15 is 0 Å². The lowest BCUT2D eigenvalue weighted by Gasteiger charge is -2.11. The summed E-state index contributed by atoms with van der Waals surface area (Å²) in [6, 6.07) is 22.3. The fourth-order valence-electron chi connectivity index (χ4n) is 3.10. The molecular weight excluding hydrogens is 392 g/mol. The highest BCUT2D eigenvalue weighted by atomic mass is 16.5. The van der Waals surface area contributed by atoms with Gasteiger partial charge in [-0.1, -0.05) is 48.0 Å². The maximum Gasteiger partial charge on any atom is 0.262 e. The Morgan fingerprint density at radius 2 is 1.48 bits per heavy atom. The van der Waals surface area contributed by atoms with Crippen molar-refractivity contribution in [1.82, 2.24) is 0 Å². The number of benzene rings is 3. The van der Waals surface area contributed by atoms with E-state index in [-0.39, 0.29) is 18.4 Å². The zero-order valence-electron chi connectivity index (χ0n) is 17.7. The topological polar surface area (TPSA) is 76.7 Å². The highest BCUT2D eigenvalue weighted by Gasteiger charge is 2.09. The normalized spacial score (nSPS) is 10.3. The van der Waals surface area contributed by atoms with Gasteiger partial charge in [0.25, 0.3) is 5.91 Å². The number of carbonyl (C=O) groups excluding carboxylic acids is 2. The number of amides is 2. The Bertz CT molecular complexity index is 1050. The van der Waals surface area contributed by atoms with Crippen molar-refractivity contribution in [3.63, 3.8) is 0 Å². The number of anilines is 2. The Hall–Kier alpha value is -3.80. The summed E-state index contributed by atoms with van der Waals surface area (Å²) in [6.45, 7) is 1.87. The minimum atomic E-state index is -0.311. The standard InChI is InChI=1S/C25H26N2O4/c1-18-7-5-8-19(15-18)13-14-24(28)26-20-9-6-10-21(16-20)27-25(29)17-31-23-12-4-3-11-22(23)30-2/h3-12,15-16H,13-14,17H2,1-2H3,(H,26,28)(H,27,29). The SMILES string of the molecule is COc1ccccc1OCC(=O)Nc1cccc(NC(=O)CCc2cccc(C)c2)c1. The minimum absolute atomic E-state index is 0.0792. The van der Waals surface area contributed by atoms with Crippen molar-refractivity contribution in [2.45, 2.75) is 19.8 Å². The van der Waals surface area contributed by atoms with Crippen LogP contribution < -0.4 is 20.1 Å². The largest absolute Gasteiger partial charge is 0.493 e. The van der Waals surface area contributed by atoms with Crippen LogP contribution in [0.2, 0.25) is 0 Å². The van der Waals surface area contributed by atoms with Crippen LogP contribution in [-0.4, -0.2) is 25.5 Å². The highest BCUT2D eigenvalue weighted by molar-refractivity contribution is 5.94. The molecule has 0 saturated carbocycles. The molecule has 0 aliphatic rings. The average molecular weight is 418 g/mol. The molecule has 0 radical (unpaired) electrons. The molecule has 0 atom stereocenters. The molecule has 2 amide bonds. The van der Waals surface area contributed by atoms with Gasteiger partial charge in [0.15, 0.2) is 18.1 Å². The van der Waals surface area contributed by atoms with E-state index in [1.165, 1.54) is 5.56 Å². The molecule has 0 spiro atoms. The molecule has 0 heterocycles. The van der Waals surface area contributed by atoms with Crippen LogP contribution in [0.4, 0.5) is 11.4 Å². The van der Waals surface area contributed by atoms with Gasteiger partial charge in [0.2, 0.25) is 5.91 Å². The van der Waals surface area contributed by atoms with Gasteiger partial charge in [0.05, 0.1) is 7.11 Å². The van der Waals surface area contributed by atoms with Crippen LogP contribution in [0.3, 0.4) is 0 Å². The molecule has 0 aliphatic heterocycles. The Morgan fingerprint density at radius 1 is 0.806 bits per heavy atom. The number of para-hydroxylation sites is 2. The van der Waals surface area contributed by atoms with Crippen LogP contribution >= 0.6 is 0 Å². The maximum atomic E-state index is 12.3. The molecule has 3 aromatic rings. The number of nitrogens with one attached hydrogen (secondary N) is 2. The number of carbonyl (C=O) groups is 2. The van der Waals surface area contributed by atoms with Gasteiger partial charge < -0.3 is 20.1 Å². The van der Waals surface area contributed by atoms with Gasteiger partial charge in [0, 0.05) is 17.8 Å². The first-order chi connectivity index (χ1) is 15.0. The lowest BCUT2D eigenvalue weighted by atomic mass is 10.1. The van der Waals surface area contributed by atoms with Crippen LogP contribution in [-0.2, 0) is 16.0 Å². The molecule has 0 bridgehead atoms. The number of rotatable bonds is 9. The van der Waals surface area contributed by atoms with E-state index in [9.17, 15) is 9.59 Å². The van der Waals surface area contributed by atoms with E-state index in [0.717, 1.165) is 5.56 Å². The quantitative estimate of drug-likeness (QED) is 0.533. The van der Waals surface area contributed by atoms with E-state index in [1.54, 1.807) is 49.6 Å². The second-order valence-electron chi connectivity index (χ2n) is 7.11. The lowest BCUT2D eigenvalue weighted by molar-refractivity contribution is -0.118. The summed E-state index contributed by atoms with van der Waals surface area (Å²) in [7, 11) is 1.54. The summed E-state index contributed by atoms with van der Waals surface area (Å²) in [5.74, 6) is 0.666. The molecule has 31 heavy (non-hydrogen) atoms. The summed E-state index contributed by atoms with van der Waals surface area (Å²) >= 11 is 0. The van der Waals surface area contributed by atoms with Crippen molar-refractivity contribution in [2.75, 3.05) is 24.4 Å². The molecule has 0 saturated heterocycles. The van der Waals surface area contributed by atoms with Crippen LogP contribution in [0.15, 0.2) is 72.8 Å². The van der Waals surface area contributed by atoms with Gasteiger partial charge in [-0.25, -0.2) is 0 Å². The zero-order valence-corrected chi connectivity index (χ0v) is 17.7. The third-order valence-electron chi connectivity index (χ3n) is 4.58. The lowest BCUT2D eigenvalue weighted by Crippen LogP contribution is -2.20. The molecule has 6 nitrogen and oxygen atoms in total. The number of hydrogen-bond acceptors (Lipinski definition) is 4. The molecule has 0 aliphatic carbocycles. The Balaban J connectivity index is 1.50. The highest BCUT2D eigenvalue weighted by Crippen LogP contribution is 2.25. The minimum Gasteiger partial charge on any atom is -0.493 e. The molecule has 0 unspecified atom stereocenters. The molecule has 3 aromatic carbocycles. The van der Waals surface area contributed by atoms with Crippen molar-refractivity contribution in [1.29, 1.82) is 0 Å². The smallest absolute Gasteiger partial charge is 0.262 e. The van der Waals surface area contributed by atoms with Crippen LogP contribution in [0, 0.1) is 6.92 Å². The van der Waals surface area contributed by atoms with E-state index in [1.807, 2.05) is 31.2 Å². The van der Waals surface area contributed by atoms with Gasteiger partial charge in [0.1, 0.15) is 0 Å². The molecular formula is C25H26N2O4. The number of methoxy groups -OCH3 is 1. The number of ether oxygens (including phenoxy) is 2. The van der Waals surface area contributed by atoms with Crippen molar-refractivity contribution in [3.05, 3.63) is 83.9 Å². The average Bonchev–Trinajstić information content (AvgIpc) is 2.77. The molecule has 3 rings (SSSR count). The van der Waals surface area contributed by atoms with Gasteiger partial charge in [-0.15, -0.1) is 0 Å². The van der Waals surface area contributed by atoms with Gasteiger partial charge in [-0.05, 0) is 49.2 Å². The Labute approximate surface area is 182 Å². The van der Waals surface area contributed by atoms with E-state index in [0.29, 0.717) is 35.7 Å². The van der Waals surface area contributed by atoms with Gasteiger partial charge in [-0.2, -0.15) is 0 Å². The second-order valence-corrected chi connectivity index (χ2v) is 7.11. The van der Waals surface area contributed by atoms with E-state index in [4.69, 9.17) is 9.47 Å². The van der Waals surface area contributed by atoms with Crippen molar-refractivity contribution in [3.8, 4) is 11.5 Å². The van der Waals surface area contributed by atoms with Crippen molar-refractivity contribution in [2.24, 2.45) is 0 Å². The Morgan fingerprint density at radius 3 is 2.19 bits per heavy atom. The van der Waals surface area contributed by atoms with Crippen LogP contribution in [0.25, 0.3) is 0 Å². The first-order valence-corrected chi connectivity index (χ1v) is 10.0. The van der Waals surface area contributed by atoms with E-state index < -0.39 is 0 Å². The van der Waals surface area contributed by atoms with Gasteiger partial charge >= 0.3 is 0 Å². The summed E-state index contributed by atoms with van der Waals surface area (Å²) in [4.78, 5) is 24.5. The predicted octanol–water partition coefficient (Wildman–Crippen LogP) is 4.59. The molecule has 0 aromatic heterocycles. The van der Waals surface area contributed by atoms with Crippen molar-refractivity contribution >= 4 is 23.2 Å². The number of aryl methyl sites for hydroxylation is 2. The second kappa shape index (κ2) is 10.8. The van der Waals surface area contributed by atoms with Crippen molar-refractivity contribution < 1.29 is 19.1 Å². The summed E-state index contributed by atoms with van der Waals surface area (Å²) in [5.41, 5.74) is 3.50.